The minimum Gasteiger partial charge on any atom is -0.463 e. The highest BCUT2D eigenvalue weighted by atomic mass is 19.1. The van der Waals surface area contributed by atoms with Crippen molar-refractivity contribution in [3.8, 4) is 17.4 Å². The molecule has 0 spiro atoms. The van der Waals surface area contributed by atoms with E-state index in [-0.39, 0.29) is 36.2 Å². The molecule has 11 heteroatoms. The maximum Gasteiger partial charge on any atom is 0.252 e. The summed E-state index contributed by atoms with van der Waals surface area (Å²) >= 11 is 0. The molecule has 0 radical (unpaired) electrons. The van der Waals surface area contributed by atoms with Crippen LogP contribution >= 0.6 is 0 Å². The number of nitrogens with one attached hydrogen (secondary N) is 2. The molecule has 4 aromatic rings. The van der Waals surface area contributed by atoms with E-state index >= 15 is 0 Å². The number of hydrogen-bond acceptors (Lipinski definition) is 6. The van der Waals surface area contributed by atoms with Gasteiger partial charge in [-0.2, -0.15) is 9.78 Å². The highest BCUT2D eigenvalue weighted by Crippen LogP contribution is 2.28. The third-order valence-electron chi connectivity index (χ3n) is 5.71. The lowest BCUT2D eigenvalue weighted by atomic mass is 10.1. The van der Waals surface area contributed by atoms with E-state index in [1.165, 1.54) is 46.2 Å². The van der Waals surface area contributed by atoms with E-state index in [0.29, 0.717) is 29.3 Å². The van der Waals surface area contributed by atoms with Crippen LogP contribution in [0.3, 0.4) is 0 Å². The summed E-state index contributed by atoms with van der Waals surface area (Å²) in [5.74, 6) is -0.825. The Morgan fingerprint density at radius 2 is 2.03 bits per heavy atom. The molecule has 1 saturated heterocycles. The van der Waals surface area contributed by atoms with Gasteiger partial charge in [-0.3, -0.25) is 19.4 Å². The van der Waals surface area contributed by atoms with Gasteiger partial charge in [0, 0.05) is 36.5 Å². The van der Waals surface area contributed by atoms with E-state index in [4.69, 9.17) is 4.42 Å². The summed E-state index contributed by atoms with van der Waals surface area (Å²) in [6.45, 7) is 2.02. The van der Waals surface area contributed by atoms with Crippen molar-refractivity contribution in [3.63, 3.8) is 0 Å². The predicted octanol–water partition coefficient (Wildman–Crippen LogP) is 2.91. The van der Waals surface area contributed by atoms with Crippen LogP contribution in [0.1, 0.15) is 19.0 Å². The lowest BCUT2D eigenvalue weighted by molar-refractivity contribution is -0.122. The van der Waals surface area contributed by atoms with Gasteiger partial charge in [-0.15, -0.1) is 0 Å². The molecule has 35 heavy (non-hydrogen) atoms. The van der Waals surface area contributed by atoms with Gasteiger partial charge in [0.15, 0.2) is 5.76 Å². The first-order valence-electron chi connectivity index (χ1n) is 11.0. The molecule has 2 N–H and O–H groups in total. The number of nitrogens with zero attached hydrogens (tertiary/aromatic N) is 4. The number of halogens is 1. The molecule has 178 valence electrons. The third kappa shape index (κ3) is 4.47. The average Bonchev–Trinajstić information content (AvgIpc) is 3.59. The standard InChI is InChI=1S/C24H21FN6O4/c1-2-16-11-21(32)28-24(26-16)31-20(12-18(29-31)19-4-3-9-35-19)27-23(34)14-10-22(33)30(13-14)17-7-5-15(25)6-8-17/h3-9,11-12,14H,2,10,13H2,1H3,(H,27,34)(H,26,28,32). The summed E-state index contributed by atoms with van der Waals surface area (Å²) in [7, 11) is 0. The molecular weight excluding hydrogens is 455 g/mol. The number of furan rings is 1. The van der Waals surface area contributed by atoms with Crippen molar-refractivity contribution in [1.82, 2.24) is 19.7 Å². The van der Waals surface area contributed by atoms with Crippen LogP contribution in [0, 0.1) is 11.7 Å². The zero-order valence-electron chi connectivity index (χ0n) is 18.7. The first-order valence-corrected chi connectivity index (χ1v) is 11.0. The molecule has 1 aromatic carbocycles. The summed E-state index contributed by atoms with van der Waals surface area (Å²) in [6.07, 6.45) is 2.04. The van der Waals surface area contributed by atoms with Crippen LogP contribution in [-0.2, 0) is 16.0 Å². The lowest BCUT2D eigenvalue weighted by Crippen LogP contribution is -2.29. The van der Waals surface area contributed by atoms with Crippen LogP contribution in [0.25, 0.3) is 17.4 Å². The number of aromatic amines is 1. The van der Waals surface area contributed by atoms with E-state index in [9.17, 15) is 18.8 Å². The van der Waals surface area contributed by atoms with Crippen LogP contribution in [-0.4, -0.2) is 38.1 Å². The summed E-state index contributed by atoms with van der Waals surface area (Å²) in [4.78, 5) is 46.4. The number of carbonyl (C=O) groups is 2. The maximum absolute atomic E-state index is 13.3. The Bertz CT molecular complexity index is 1440. The van der Waals surface area contributed by atoms with Gasteiger partial charge >= 0.3 is 0 Å². The van der Waals surface area contributed by atoms with Crippen molar-refractivity contribution in [3.05, 3.63) is 76.7 Å². The van der Waals surface area contributed by atoms with E-state index in [1.54, 1.807) is 18.2 Å². The van der Waals surface area contributed by atoms with Crippen molar-refractivity contribution in [2.45, 2.75) is 19.8 Å². The Balaban J connectivity index is 1.44. The second-order valence-electron chi connectivity index (χ2n) is 8.09. The molecule has 0 bridgehead atoms. The Kier molecular flexibility index (Phi) is 5.73. The summed E-state index contributed by atoms with van der Waals surface area (Å²) in [5, 5.41) is 7.28. The molecule has 2 amide bonds. The summed E-state index contributed by atoms with van der Waals surface area (Å²) in [6, 6.07) is 12.0. The Morgan fingerprint density at radius 3 is 2.74 bits per heavy atom. The Hall–Kier alpha value is -4.54. The van der Waals surface area contributed by atoms with Crippen LogP contribution in [0.4, 0.5) is 15.9 Å². The molecule has 1 aliphatic rings. The van der Waals surface area contributed by atoms with Gasteiger partial charge in [-0.05, 0) is 42.8 Å². The fourth-order valence-electron chi connectivity index (χ4n) is 3.93. The van der Waals surface area contributed by atoms with Crippen molar-refractivity contribution < 1.29 is 18.4 Å². The summed E-state index contributed by atoms with van der Waals surface area (Å²) in [5.41, 5.74) is 1.16. The molecular formula is C24H21FN6O4. The van der Waals surface area contributed by atoms with Crippen LogP contribution in [0.15, 0.2) is 64.0 Å². The molecule has 0 aliphatic carbocycles. The van der Waals surface area contributed by atoms with E-state index in [0.717, 1.165) is 0 Å². The fourth-order valence-corrected chi connectivity index (χ4v) is 3.93. The van der Waals surface area contributed by atoms with Gasteiger partial charge in [0.05, 0.1) is 12.2 Å². The highest BCUT2D eigenvalue weighted by molar-refractivity contribution is 6.03. The monoisotopic (exact) mass is 476 g/mol. The lowest BCUT2D eigenvalue weighted by Gasteiger charge is -2.16. The van der Waals surface area contributed by atoms with Crippen molar-refractivity contribution in [2.75, 3.05) is 16.8 Å². The largest absolute Gasteiger partial charge is 0.463 e. The molecule has 1 atom stereocenters. The van der Waals surface area contributed by atoms with Gasteiger partial charge in [0.1, 0.15) is 17.3 Å². The van der Waals surface area contributed by atoms with E-state index in [1.807, 2.05) is 6.92 Å². The number of H-pyrrole nitrogens is 1. The molecule has 3 aromatic heterocycles. The average molecular weight is 476 g/mol. The van der Waals surface area contributed by atoms with Gasteiger partial charge in [0.25, 0.3) is 5.56 Å². The second-order valence-corrected chi connectivity index (χ2v) is 8.09. The van der Waals surface area contributed by atoms with Crippen molar-refractivity contribution in [1.29, 1.82) is 0 Å². The molecule has 0 saturated carbocycles. The molecule has 5 rings (SSSR count). The number of benzene rings is 1. The number of aryl methyl sites for hydroxylation is 1. The van der Waals surface area contributed by atoms with Gasteiger partial charge < -0.3 is 14.6 Å². The molecule has 10 nitrogen and oxygen atoms in total. The smallest absolute Gasteiger partial charge is 0.252 e. The first kappa shape index (κ1) is 22.3. The van der Waals surface area contributed by atoms with Gasteiger partial charge in [-0.25, -0.2) is 9.37 Å². The minimum atomic E-state index is -0.642. The quantitative estimate of drug-likeness (QED) is 0.441. The van der Waals surface area contributed by atoms with Crippen molar-refractivity contribution >= 4 is 23.3 Å². The number of carbonyl (C=O) groups excluding carboxylic acids is 2. The molecule has 1 fully saturated rings. The summed E-state index contributed by atoms with van der Waals surface area (Å²) < 4.78 is 20.0. The normalized spacial score (nSPS) is 15.5. The predicted molar refractivity (Wildman–Crippen MR) is 125 cm³/mol. The minimum absolute atomic E-state index is 0.00277. The fraction of sp³-hybridized carbons (Fsp3) is 0.208. The van der Waals surface area contributed by atoms with Crippen LogP contribution in [0.2, 0.25) is 0 Å². The first-order chi connectivity index (χ1) is 16.9. The van der Waals surface area contributed by atoms with Crippen molar-refractivity contribution in [2.24, 2.45) is 5.92 Å². The topological polar surface area (TPSA) is 126 Å². The number of anilines is 2. The van der Waals surface area contributed by atoms with E-state index < -0.39 is 17.6 Å². The number of hydrogen-bond donors (Lipinski definition) is 2. The zero-order chi connectivity index (χ0) is 24.5. The second kappa shape index (κ2) is 9.01. The highest BCUT2D eigenvalue weighted by Gasteiger charge is 2.35. The zero-order valence-corrected chi connectivity index (χ0v) is 18.7. The number of aromatic nitrogens is 4. The SMILES string of the molecule is CCc1cc(=O)[nH]c(-n2nc(-c3ccco3)cc2NC(=O)C2CC(=O)N(c3ccc(F)cc3)C2)n1. The molecule has 1 aliphatic heterocycles. The molecule has 1 unspecified atom stereocenters. The molecule has 4 heterocycles. The third-order valence-corrected chi connectivity index (χ3v) is 5.71. The van der Waals surface area contributed by atoms with Crippen LogP contribution in [0.5, 0.6) is 0 Å². The van der Waals surface area contributed by atoms with E-state index in [2.05, 4.69) is 20.4 Å². The number of amides is 2. The number of rotatable bonds is 6. The van der Waals surface area contributed by atoms with Crippen LogP contribution < -0.4 is 15.8 Å². The Morgan fingerprint density at radius 1 is 1.23 bits per heavy atom. The Labute approximate surface area is 198 Å². The maximum atomic E-state index is 13.3. The van der Waals surface area contributed by atoms with Gasteiger partial charge in [0.2, 0.25) is 17.8 Å². The van der Waals surface area contributed by atoms with Gasteiger partial charge in [-0.1, -0.05) is 6.92 Å².